The second kappa shape index (κ2) is 5.16. The maximum absolute atomic E-state index is 11.3. The van der Waals surface area contributed by atoms with Crippen LogP contribution in [-0.2, 0) is 15.4 Å². The number of benzene rings is 1. The highest BCUT2D eigenvalue weighted by Gasteiger charge is 2.24. The predicted molar refractivity (Wildman–Crippen MR) is 67.7 cm³/mol. The Labute approximate surface area is 103 Å². The van der Waals surface area contributed by atoms with Crippen molar-refractivity contribution in [3.63, 3.8) is 0 Å². The molecule has 1 rings (SSSR count). The van der Waals surface area contributed by atoms with E-state index in [0.29, 0.717) is 0 Å². The molecule has 2 N–H and O–H groups in total. The lowest BCUT2D eigenvalue weighted by Crippen LogP contribution is -2.42. The minimum Gasteiger partial charge on any atom is -0.394 e. The molecule has 0 saturated heterocycles. The van der Waals surface area contributed by atoms with Crippen LogP contribution in [0.1, 0.15) is 19.4 Å². The third kappa shape index (κ3) is 3.28. The van der Waals surface area contributed by atoms with E-state index in [2.05, 4.69) is 5.32 Å². The summed E-state index contributed by atoms with van der Waals surface area (Å²) in [5.41, 5.74) is 0.333. The molecule has 0 fully saturated rings. The average Bonchev–Trinajstić information content (AvgIpc) is 2.28. The van der Waals surface area contributed by atoms with Gasteiger partial charge in [0.25, 0.3) is 0 Å². The van der Waals surface area contributed by atoms with Crippen molar-refractivity contribution in [1.29, 1.82) is 0 Å². The first-order valence-corrected chi connectivity index (χ1v) is 7.39. The largest absolute Gasteiger partial charge is 0.394 e. The molecule has 1 aromatic rings. The van der Waals surface area contributed by atoms with Gasteiger partial charge in [0.1, 0.15) is 0 Å². The number of rotatable bonds is 5. The third-order valence-electron chi connectivity index (χ3n) is 2.80. The molecular formula is C12H19NO3S. The fraction of sp³-hybridized carbons (Fsp3) is 0.500. The number of hydrogen-bond donors (Lipinski definition) is 2. The van der Waals surface area contributed by atoms with E-state index in [4.69, 9.17) is 0 Å². The van der Waals surface area contributed by atoms with E-state index in [-0.39, 0.29) is 11.5 Å². The van der Waals surface area contributed by atoms with Crippen LogP contribution in [0.15, 0.2) is 29.2 Å². The Morgan fingerprint density at radius 1 is 1.29 bits per heavy atom. The van der Waals surface area contributed by atoms with Crippen LogP contribution in [0.2, 0.25) is 0 Å². The summed E-state index contributed by atoms with van der Waals surface area (Å²) in [5.74, 6) is 0. The van der Waals surface area contributed by atoms with Crippen molar-refractivity contribution >= 4 is 9.84 Å². The Hall–Kier alpha value is -0.910. The van der Waals surface area contributed by atoms with E-state index in [1.807, 2.05) is 13.8 Å². The number of hydrogen-bond acceptors (Lipinski definition) is 4. The predicted octanol–water partition coefficient (Wildman–Crippen LogP) is 0.907. The lowest BCUT2D eigenvalue weighted by Gasteiger charge is -2.29. The van der Waals surface area contributed by atoms with Gasteiger partial charge in [-0.2, -0.15) is 0 Å². The minimum atomic E-state index is -3.17. The van der Waals surface area contributed by atoms with Crippen LogP contribution < -0.4 is 5.32 Å². The molecule has 0 aliphatic heterocycles. The Balaban J connectivity index is 3.09. The van der Waals surface area contributed by atoms with Gasteiger partial charge >= 0.3 is 0 Å². The molecule has 1 atom stereocenters. The Bertz CT molecular complexity index is 467. The molecule has 0 amide bonds. The van der Waals surface area contributed by atoms with Crippen LogP contribution in [0.5, 0.6) is 0 Å². The molecule has 0 bridgehead atoms. The van der Waals surface area contributed by atoms with Crippen LogP contribution in [0, 0.1) is 0 Å². The molecular weight excluding hydrogens is 238 g/mol. The lowest BCUT2D eigenvalue weighted by atomic mass is 9.93. The second-order valence-electron chi connectivity index (χ2n) is 4.32. The van der Waals surface area contributed by atoms with Gasteiger partial charge in [0.15, 0.2) is 9.84 Å². The number of aliphatic hydroxyl groups is 1. The fourth-order valence-corrected chi connectivity index (χ4v) is 2.34. The van der Waals surface area contributed by atoms with Crippen molar-refractivity contribution in [2.45, 2.75) is 24.3 Å². The van der Waals surface area contributed by atoms with Crippen molar-refractivity contribution in [3.8, 4) is 0 Å². The molecule has 17 heavy (non-hydrogen) atoms. The van der Waals surface area contributed by atoms with Crippen LogP contribution in [-0.4, -0.2) is 32.9 Å². The van der Waals surface area contributed by atoms with Crippen molar-refractivity contribution in [2.24, 2.45) is 0 Å². The summed E-state index contributed by atoms with van der Waals surface area (Å²) in [5, 5.41) is 12.6. The number of sulfone groups is 1. The van der Waals surface area contributed by atoms with Gasteiger partial charge in [0, 0.05) is 6.26 Å². The molecule has 0 aliphatic rings. The van der Waals surface area contributed by atoms with Crippen LogP contribution in [0.4, 0.5) is 0 Å². The molecule has 0 aromatic heterocycles. The normalized spacial score (nSPS) is 15.5. The van der Waals surface area contributed by atoms with Crippen molar-refractivity contribution < 1.29 is 13.5 Å². The first-order chi connectivity index (χ1) is 7.83. The highest BCUT2D eigenvalue weighted by Crippen LogP contribution is 2.21. The van der Waals surface area contributed by atoms with Crippen LogP contribution >= 0.6 is 0 Å². The van der Waals surface area contributed by atoms with Gasteiger partial charge in [-0.3, -0.25) is 0 Å². The zero-order valence-corrected chi connectivity index (χ0v) is 11.2. The fourth-order valence-electron chi connectivity index (χ4n) is 1.71. The van der Waals surface area contributed by atoms with E-state index in [9.17, 15) is 13.5 Å². The molecule has 0 heterocycles. The van der Waals surface area contributed by atoms with Crippen molar-refractivity contribution in [3.05, 3.63) is 29.8 Å². The smallest absolute Gasteiger partial charge is 0.175 e. The van der Waals surface area contributed by atoms with Crippen LogP contribution in [0.3, 0.4) is 0 Å². The van der Waals surface area contributed by atoms with Gasteiger partial charge in [-0.15, -0.1) is 0 Å². The quantitative estimate of drug-likeness (QED) is 0.822. The molecule has 0 saturated carbocycles. The molecule has 0 spiro atoms. The monoisotopic (exact) mass is 257 g/mol. The standard InChI is InChI=1S/C12H19NO3S/c1-4-13-12(2,9-14)10-5-7-11(8-6-10)17(3,15)16/h5-8,13-14H,4,9H2,1-3H3. The van der Waals surface area contributed by atoms with E-state index in [0.717, 1.165) is 12.1 Å². The summed E-state index contributed by atoms with van der Waals surface area (Å²) in [6.07, 6.45) is 1.18. The van der Waals surface area contributed by atoms with Gasteiger partial charge in [-0.25, -0.2) is 8.42 Å². The number of likely N-dealkylation sites (N-methyl/N-ethyl adjacent to an activating group) is 1. The lowest BCUT2D eigenvalue weighted by molar-refractivity contribution is 0.177. The summed E-state index contributed by atoms with van der Waals surface area (Å²) in [4.78, 5) is 0.290. The SMILES string of the molecule is CCNC(C)(CO)c1ccc(S(C)(=O)=O)cc1. The van der Waals surface area contributed by atoms with E-state index < -0.39 is 15.4 Å². The molecule has 4 nitrogen and oxygen atoms in total. The first-order valence-electron chi connectivity index (χ1n) is 5.50. The summed E-state index contributed by atoms with van der Waals surface area (Å²) < 4.78 is 22.6. The van der Waals surface area contributed by atoms with E-state index in [1.54, 1.807) is 24.3 Å². The highest BCUT2D eigenvalue weighted by molar-refractivity contribution is 7.90. The van der Waals surface area contributed by atoms with E-state index in [1.165, 1.54) is 6.26 Å². The molecule has 5 heteroatoms. The topological polar surface area (TPSA) is 66.4 Å². The van der Waals surface area contributed by atoms with Crippen molar-refractivity contribution in [1.82, 2.24) is 5.32 Å². The molecule has 1 aromatic carbocycles. The third-order valence-corrected chi connectivity index (χ3v) is 3.93. The van der Waals surface area contributed by atoms with Crippen LogP contribution in [0.25, 0.3) is 0 Å². The summed E-state index contributed by atoms with van der Waals surface area (Å²) in [6.45, 7) is 4.52. The zero-order chi connectivity index (χ0) is 13.1. The van der Waals surface area contributed by atoms with Gasteiger partial charge in [0.05, 0.1) is 17.0 Å². The van der Waals surface area contributed by atoms with Gasteiger partial charge < -0.3 is 10.4 Å². The van der Waals surface area contributed by atoms with Gasteiger partial charge in [-0.05, 0) is 31.2 Å². The Morgan fingerprint density at radius 2 is 1.82 bits per heavy atom. The van der Waals surface area contributed by atoms with E-state index >= 15 is 0 Å². The molecule has 1 unspecified atom stereocenters. The minimum absolute atomic E-state index is 0.0426. The molecule has 0 radical (unpaired) electrons. The maximum atomic E-state index is 11.3. The number of nitrogens with one attached hydrogen (secondary N) is 1. The van der Waals surface area contributed by atoms with Gasteiger partial charge in [0.2, 0.25) is 0 Å². The maximum Gasteiger partial charge on any atom is 0.175 e. The average molecular weight is 257 g/mol. The van der Waals surface area contributed by atoms with Gasteiger partial charge in [-0.1, -0.05) is 19.1 Å². The Morgan fingerprint density at radius 3 is 2.18 bits per heavy atom. The highest BCUT2D eigenvalue weighted by atomic mass is 32.2. The first kappa shape index (κ1) is 14.2. The zero-order valence-electron chi connectivity index (χ0n) is 10.4. The summed E-state index contributed by atoms with van der Waals surface area (Å²) in [6, 6.07) is 6.59. The number of aliphatic hydroxyl groups excluding tert-OH is 1. The molecule has 96 valence electrons. The van der Waals surface area contributed by atoms with Crippen molar-refractivity contribution in [2.75, 3.05) is 19.4 Å². The molecule has 0 aliphatic carbocycles. The Kier molecular flexibility index (Phi) is 4.30. The summed E-state index contributed by atoms with van der Waals surface area (Å²) >= 11 is 0. The second-order valence-corrected chi connectivity index (χ2v) is 6.33. The summed E-state index contributed by atoms with van der Waals surface area (Å²) in [7, 11) is -3.17.